The van der Waals surface area contributed by atoms with Gasteiger partial charge in [0, 0.05) is 13.3 Å². The summed E-state index contributed by atoms with van der Waals surface area (Å²) in [6.45, 7) is 2.99. The van der Waals surface area contributed by atoms with Crippen molar-refractivity contribution >= 4 is 11.8 Å². The molecule has 0 aromatic heterocycles. The predicted molar refractivity (Wildman–Crippen MR) is 39.9 cm³/mol. The van der Waals surface area contributed by atoms with Crippen molar-refractivity contribution in [1.29, 1.82) is 0 Å². The molecule has 0 aliphatic carbocycles. The summed E-state index contributed by atoms with van der Waals surface area (Å²) in [6.07, 6.45) is 0.377. The van der Waals surface area contributed by atoms with E-state index in [0.29, 0.717) is 6.42 Å². The van der Waals surface area contributed by atoms with E-state index in [-0.39, 0.29) is 12.4 Å². The van der Waals surface area contributed by atoms with Crippen LogP contribution in [0.1, 0.15) is 20.3 Å². The van der Waals surface area contributed by atoms with E-state index in [1.807, 2.05) is 0 Å². The van der Waals surface area contributed by atoms with Gasteiger partial charge in [0.15, 0.2) is 5.78 Å². The van der Waals surface area contributed by atoms with Crippen LogP contribution in [0.3, 0.4) is 0 Å². The van der Waals surface area contributed by atoms with E-state index >= 15 is 0 Å². The van der Waals surface area contributed by atoms with Crippen molar-refractivity contribution in [2.24, 2.45) is 5.73 Å². The van der Waals surface area contributed by atoms with Crippen LogP contribution in [-0.4, -0.2) is 24.4 Å². The second-order valence-electron chi connectivity index (χ2n) is 2.23. The molecule has 0 spiro atoms. The highest BCUT2D eigenvalue weighted by Crippen LogP contribution is 1.89. The van der Waals surface area contributed by atoms with Gasteiger partial charge in [0.25, 0.3) is 0 Å². The predicted octanol–water partition coefficient (Wildman–Crippen LogP) is -0.144. The van der Waals surface area contributed by atoms with E-state index in [1.165, 1.54) is 6.92 Å². The topological polar surface area (TPSA) is 69.4 Å². The summed E-state index contributed by atoms with van der Waals surface area (Å²) >= 11 is 0. The molecule has 0 aliphatic rings. The van der Waals surface area contributed by atoms with Crippen molar-refractivity contribution in [3.63, 3.8) is 0 Å². The molecule has 2 N–H and O–H groups in total. The number of carbonyl (C=O) groups excluding carboxylic acids is 2. The summed E-state index contributed by atoms with van der Waals surface area (Å²) in [6, 6.07) is -0.663. The SMILES string of the molecule is CCC(=O)C(N)COC(C)=O. The maximum atomic E-state index is 10.8. The minimum absolute atomic E-state index is 0.0119. The number of nitrogens with two attached hydrogens (primary N) is 1. The van der Waals surface area contributed by atoms with E-state index in [4.69, 9.17) is 5.73 Å². The summed E-state index contributed by atoms with van der Waals surface area (Å²) in [5.74, 6) is -0.504. The molecule has 0 aliphatic heterocycles. The Morgan fingerprint density at radius 2 is 2.09 bits per heavy atom. The fourth-order valence-electron chi connectivity index (χ4n) is 0.562. The number of carbonyl (C=O) groups is 2. The van der Waals surface area contributed by atoms with Gasteiger partial charge < -0.3 is 10.5 Å². The van der Waals surface area contributed by atoms with Crippen LogP contribution in [0, 0.1) is 0 Å². The van der Waals surface area contributed by atoms with Gasteiger partial charge in [-0.1, -0.05) is 6.92 Å². The minimum Gasteiger partial charge on any atom is -0.464 e. The third kappa shape index (κ3) is 4.50. The lowest BCUT2D eigenvalue weighted by Gasteiger charge is -2.07. The Kier molecular flexibility index (Phi) is 4.45. The molecule has 64 valence electrons. The van der Waals surface area contributed by atoms with Gasteiger partial charge >= 0.3 is 5.97 Å². The van der Waals surface area contributed by atoms with Crippen LogP contribution in [0.25, 0.3) is 0 Å². The molecule has 11 heavy (non-hydrogen) atoms. The van der Waals surface area contributed by atoms with E-state index in [9.17, 15) is 9.59 Å². The third-order valence-corrected chi connectivity index (χ3v) is 1.23. The Morgan fingerprint density at radius 1 is 1.55 bits per heavy atom. The lowest BCUT2D eigenvalue weighted by atomic mass is 10.2. The molecule has 0 radical (unpaired) electrons. The Bertz CT molecular complexity index is 156. The lowest BCUT2D eigenvalue weighted by molar-refractivity contribution is -0.142. The van der Waals surface area contributed by atoms with Gasteiger partial charge in [-0.05, 0) is 0 Å². The second kappa shape index (κ2) is 4.85. The van der Waals surface area contributed by atoms with Crippen molar-refractivity contribution in [3.8, 4) is 0 Å². The van der Waals surface area contributed by atoms with Gasteiger partial charge in [-0.25, -0.2) is 0 Å². The van der Waals surface area contributed by atoms with Crippen LogP contribution in [0.4, 0.5) is 0 Å². The number of Topliss-reactive ketones (excluding diaryl/α,β-unsaturated/α-hetero) is 1. The van der Waals surface area contributed by atoms with Gasteiger partial charge in [-0.3, -0.25) is 9.59 Å². The molecule has 0 aromatic rings. The van der Waals surface area contributed by atoms with E-state index < -0.39 is 12.0 Å². The van der Waals surface area contributed by atoms with Crippen molar-refractivity contribution in [2.75, 3.05) is 6.61 Å². The van der Waals surface area contributed by atoms with Crippen LogP contribution in [-0.2, 0) is 14.3 Å². The normalized spacial score (nSPS) is 12.3. The highest BCUT2D eigenvalue weighted by Gasteiger charge is 2.11. The van der Waals surface area contributed by atoms with Crippen LogP contribution in [0.15, 0.2) is 0 Å². The minimum atomic E-state index is -0.663. The maximum absolute atomic E-state index is 10.8. The van der Waals surface area contributed by atoms with Gasteiger partial charge in [-0.2, -0.15) is 0 Å². The Balaban J connectivity index is 3.60. The molecule has 0 rings (SSSR count). The maximum Gasteiger partial charge on any atom is 0.302 e. The lowest BCUT2D eigenvalue weighted by Crippen LogP contribution is -2.35. The number of hydrogen-bond acceptors (Lipinski definition) is 4. The summed E-state index contributed by atoms with van der Waals surface area (Å²) in [4.78, 5) is 21.1. The van der Waals surface area contributed by atoms with Crippen LogP contribution < -0.4 is 5.73 Å². The summed E-state index contributed by atoms with van der Waals surface area (Å²) in [5, 5.41) is 0. The largest absolute Gasteiger partial charge is 0.464 e. The molecular weight excluding hydrogens is 146 g/mol. The summed E-state index contributed by atoms with van der Waals surface area (Å²) < 4.78 is 4.54. The first-order valence-corrected chi connectivity index (χ1v) is 3.49. The Labute approximate surface area is 65.7 Å². The Hall–Kier alpha value is -0.900. The number of rotatable bonds is 4. The number of ketones is 1. The van der Waals surface area contributed by atoms with Crippen molar-refractivity contribution in [3.05, 3.63) is 0 Å². The first-order valence-electron chi connectivity index (χ1n) is 3.49. The molecule has 0 heterocycles. The molecule has 1 atom stereocenters. The van der Waals surface area contributed by atoms with Gasteiger partial charge in [0.1, 0.15) is 6.61 Å². The molecule has 0 amide bonds. The second-order valence-corrected chi connectivity index (χ2v) is 2.23. The monoisotopic (exact) mass is 159 g/mol. The quantitative estimate of drug-likeness (QED) is 0.579. The van der Waals surface area contributed by atoms with Gasteiger partial charge in [0.05, 0.1) is 6.04 Å². The molecule has 0 aromatic carbocycles. The fraction of sp³-hybridized carbons (Fsp3) is 0.714. The number of hydrogen-bond donors (Lipinski definition) is 1. The molecule has 0 saturated carbocycles. The fourth-order valence-corrected chi connectivity index (χ4v) is 0.562. The third-order valence-electron chi connectivity index (χ3n) is 1.23. The first kappa shape index (κ1) is 10.1. The van der Waals surface area contributed by atoms with Gasteiger partial charge in [0.2, 0.25) is 0 Å². The molecule has 4 heteroatoms. The van der Waals surface area contributed by atoms with E-state index in [1.54, 1.807) is 6.92 Å². The first-order chi connectivity index (χ1) is 5.07. The molecular formula is C7H13NO3. The molecule has 1 unspecified atom stereocenters. The molecule has 4 nitrogen and oxygen atoms in total. The zero-order valence-electron chi connectivity index (χ0n) is 6.79. The van der Waals surface area contributed by atoms with Crippen molar-refractivity contribution < 1.29 is 14.3 Å². The average molecular weight is 159 g/mol. The van der Waals surface area contributed by atoms with Crippen molar-refractivity contribution in [2.45, 2.75) is 26.3 Å². The highest BCUT2D eigenvalue weighted by molar-refractivity contribution is 5.83. The summed E-state index contributed by atoms with van der Waals surface area (Å²) in [5.41, 5.74) is 5.35. The smallest absolute Gasteiger partial charge is 0.302 e. The molecule has 0 bridgehead atoms. The Morgan fingerprint density at radius 3 is 2.45 bits per heavy atom. The number of esters is 1. The zero-order chi connectivity index (χ0) is 8.85. The zero-order valence-corrected chi connectivity index (χ0v) is 6.79. The van der Waals surface area contributed by atoms with Crippen LogP contribution in [0.5, 0.6) is 0 Å². The van der Waals surface area contributed by atoms with E-state index in [2.05, 4.69) is 4.74 Å². The van der Waals surface area contributed by atoms with Gasteiger partial charge in [-0.15, -0.1) is 0 Å². The standard InChI is InChI=1S/C7H13NO3/c1-3-7(10)6(8)4-11-5(2)9/h6H,3-4,8H2,1-2H3. The average Bonchev–Trinajstić information content (AvgIpc) is 1.98. The summed E-state index contributed by atoms with van der Waals surface area (Å²) in [7, 11) is 0. The van der Waals surface area contributed by atoms with Crippen LogP contribution in [0.2, 0.25) is 0 Å². The number of ether oxygens (including phenoxy) is 1. The van der Waals surface area contributed by atoms with Crippen molar-refractivity contribution in [1.82, 2.24) is 0 Å². The molecule has 0 fully saturated rings. The highest BCUT2D eigenvalue weighted by atomic mass is 16.5. The van der Waals surface area contributed by atoms with E-state index in [0.717, 1.165) is 0 Å². The van der Waals surface area contributed by atoms with Crippen LogP contribution >= 0.6 is 0 Å². The molecule has 0 saturated heterocycles.